The molecule has 0 unspecified atom stereocenters. The van der Waals surface area contributed by atoms with Crippen LogP contribution in [0.25, 0.3) is 10.8 Å². The van der Waals surface area contributed by atoms with Crippen LogP contribution in [0.3, 0.4) is 0 Å². The number of benzene rings is 3. The lowest BCUT2D eigenvalue weighted by Gasteiger charge is -2.39. The Morgan fingerprint density at radius 1 is 1.03 bits per heavy atom. The Labute approximate surface area is 202 Å². The molecular formula is C28H25F2N3O2. The molecular weight excluding hydrogens is 448 g/mol. The highest BCUT2D eigenvalue weighted by Gasteiger charge is 2.28. The lowest BCUT2D eigenvalue weighted by molar-refractivity contribution is 0.0924. The molecule has 1 fully saturated rings. The molecule has 5 rings (SSSR count). The van der Waals surface area contributed by atoms with E-state index in [-0.39, 0.29) is 5.91 Å². The molecule has 178 valence electrons. The van der Waals surface area contributed by atoms with Crippen molar-refractivity contribution < 1.29 is 18.3 Å². The van der Waals surface area contributed by atoms with Gasteiger partial charge in [0, 0.05) is 50.4 Å². The Morgan fingerprint density at radius 2 is 1.80 bits per heavy atom. The molecule has 0 atom stereocenters. The fourth-order valence-corrected chi connectivity index (χ4v) is 4.57. The summed E-state index contributed by atoms with van der Waals surface area (Å²) >= 11 is 0. The van der Waals surface area contributed by atoms with Crippen LogP contribution in [0.4, 0.5) is 8.78 Å². The van der Waals surface area contributed by atoms with Gasteiger partial charge in [-0.15, -0.1) is 0 Å². The zero-order chi connectivity index (χ0) is 24.4. The number of nitrogens with one attached hydrogen (secondary N) is 1. The van der Waals surface area contributed by atoms with Gasteiger partial charge in [0.05, 0.1) is 5.56 Å². The highest BCUT2D eigenvalue weighted by Crippen LogP contribution is 2.33. The summed E-state index contributed by atoms with van der Waals surface area (Å²) in [4.78, 5) is 18.3. The first-order valence-corrected chi connectivity index (χ1v) is 11.5. The van der Waals surface area contributed by atoms with Gasteiger partial charge in [-0.05, 0) is 47.1 Å². The molecule has 1 amide bonds. The first kappa shape index (κ1) is 22.9. The summed E-state index contributed by atoms with van der Waals surface area (Å²) in [5, 5.41) is 4.65. The Hall–Kier alpha value is -3.84. The molecule has 1 aliphatic heterocycles. The number of fused-ring (bicyclic) bond motifs is 1. The van der Waals surface area contributed by atoms with Gasteiger partial charge >= 0.3 is 0 Å². The van der Waals surface area contributed by atoms with E-state index in [2.05, 4.69) is 27.3 Å². The van der Waals surface area contributed by atoms with E-state index in [1.807, 2.05) is 24.3 Å². The van der Waals surface area contributed by atoms with E-state index < -0.39 is 11.6 Å². The normalized spacial score (nSPS) is 14.0. The first-order valence-electron chi connectivity index (χ1n) is 11.5. The number of halogens is 2. The molecule has 35 heavy (non-hydrogen) atoms. The number of carbonyl (C=O) groups is 1. The average molecular weight is 474 g/mol. The summed E-state index contributed by atoms with van der Waals surface area (Å²) in [5.41, 5.74) is 2.22. The Balaban J connectivity index is 1.27. The number of likely N-dealkylation sites (tertiary alicyclic amines) is 1. The number of rotatable bonds is 7. The van der Waals surface area contributed by atoms with Gasteiger partial charge in [0.2, 0.25) is 5.88 Å². The number of hydrogen-bond donors (Lipinski definition) is 1. The predicted octanol–water partition coefficient (Wildman–Crippen LogP) is 5.34. The molecule has 0 radical (unpaired) electrons. The third kappa shape index (κ3) is 5.00. The van der Waals surface area contributed by atoms with Gasteiger partial charge < -0.3 is 10.1 Å². The molecule has 5 nitrogen and oxygen atoms in total. The quantitative estimate of drug-likeness (QED) is 0.394. The van der Waals surface area contributed by atoms with E-state index in [1.54, 1.807) is 25.2 Å². The van der Waals surface area contributed by atoms with Crippen LogP contribution in [-0.2, 0) is 13.0 Å². The van der Waals surface area contributed by atoms with Crippen molar-refractivity contribution in [3.05, 3.63) is 101 Å². The van der Waals surface area contributed by atoms with Crippen molar-refractivity contribution in [1.29, 1.82) is 0 Å². The van der Waals surface area contributed by atoms with Crippen LogP contribution in [0.1, 0.15) is 21.5 Å². The van der Waals surface area contributed by atoms with E-state index in [4.69, 9.17) is 4.74 Å². The van der Waals surface area contributed by atoms with Gasteiger partial charge in [0.15, 0.2) is 0 Å². The Kier molecular flexibility index (Phi) is 6.42. The lowest BCUT2D eigenvalue weighted by Crippen LogP contribution is -2.46. The van der Waals surface area contributed by atoms with Crippen LogP contribution in [-0.4, -0.2) is 35.9 Å². The van der Waals surface area contributed by atoms with Gasteiger partial charge in [-0.2, -0.15) is 0 Å². The zero-order valence-corrected chi connectivity index (χ0v) is 19.3. The van der Waals surface area contributed by atoms with E-state index in [9.17, 15) is 13.6 Å². The maximum atomic E-state index is 14.0. The number of nitrogens with zero attached hydrogens (tertiary/aromatic N) is 2. The highest BCUT2D eigenvalue weighted by atomic mass is 19.1. The van der Waals surface area contributed by atoms with Crippen LogP contribution in [0.15, 0.2) is 72.9 Å². The second-order valence-corrected chi connectivity index (χ2v) is 8.83. The molecule has 3 aromatic carbocycles. The van der Waals surface area contributed by atoms with Gasteiger partial charge in [-0.1, -0.05) is 36.4 Å². The number of aromatic nitrogens is 1. The van der Waals surface area contributed by atoms with Crippen molar-refractivity contribution in [3.8, 4) is 11.6 Å². The zero-order valence-electron chi connectivity index (χ0n) is 19.3. The van der Waals surface area contributed by atoms with Crippen molar-refractivity contribution in [2.24, 2.45) is 5.92 Å². The molecule has 1 aliphatic rings. The van der Waals surface area contributed by atoms with Crippen LogP contribution in [0.5, 0.6) is 11.6 Å². The first-order chi connectivity index (χ1) is 17.0. The summed E-state index contributed by atoms with van der Waals surface area (Å²) in [5.74, 6) is 0.245. The van der Waals surface area contributed by atoms with Crippen molar-refractivity contribution in [2.45, 2.75) is 13.0 Å². The van der Waals surface area contributed by atoms with Gasteiger partial charge in [0.25, 0.3) is 5.91 Å². The third-order valence-corrected chi connectivity index (χ3v) is 6.36. The number of hydrogen-bond acceptors (Lipinski definition) is 4. The van der Waals surface area contributed by atoms with Crippen molar-refractivity contribution in [2.75, 3.05) is 20.1 Å². The topological polar surface area (TPSA) is 54.5 Å². The van der Waals surface area contributed by atoms with E-state index in [0.29, 0.717) is 35.1 Å². The fourth-order valence-electron chi connectivity index (χ4n) is 4.57. The van der Waals surface area contributed by atoms with Crippen LogP contribution < -0.4 is 10.1 Å². The van der Waals surface area contributed by atoms with Gasteiger partial charge in [-0.3, -0.25) is 9.69 Å². The van der Waals surface area contributed by atoms with Crippen LogP contribution in [0.2, 0.25) is 0 Å². The third-order valence-electron chi connectivity index (χ3n) is 6.36. The minimum atomic E-state index is -0.544. The molecule has 0 spiro atoms. The van der Waals surface area contributed by atoms with Gasteiger partial charge in [0.1, 0.15) is 17.4 Å². The van der Waals surface area contributed by atoms with Crippen molar-refractivity contribution in [3.63, 3.8) is 0 Å². The second-order valence-electron chi connectivity index (χ2n) is 8.83. The largest absolute Gasteiger partial charge is 0.438 e. The molecule has 0 bridgehead atoms. The lowest BCUT2D eigenvalue weighted by atomic mass is 9.91. The summed E-state index contributed by atoms with van der Waals surface area (Å²) < 4.78 is 33.2. The highest BCUT2D eigenvalue weighted by molar-refractivity contribution is 5.93. The predicted molar refractivity (Wildman–Crippen MR) is 130 cm³/mol. The minimum Gasteiger partial charge on any atom is -0.438 e. The maximum Gasteiger partial charge on any atom is 0.252 e. The standard InChI is InChI=1S/C28H25F2N3O2/c1-31-28(34)20-8-11-27(32-14-20)35-26-10-7-21(23-4-2-3-5-24(23)26)17-33-15-18(16-33)12-19-6-9-22(29)13-25(19)30/h2-11,13-14,18H,12,15-17H2,1H3,(H,31,34). The average Bonchev–Trinajstić information content (AvgIpc) is 2.85. The Bertz CT molecular complexity index is 1370. The van der Waals surface area contributed by atoms with E-state index in [0.717, 1.165) is 36.5 Å². The SMILES string of the molecule is CNC(=O)c1ccc(Oc2ccc(CN3CC(Cc4ccc(F)cc4F)C3)c3ccccc23)nc1. The van der Waals surface area contributed by atoms with E-state index in [1.165, 1.54) is 17.8 Å². The van der Waals surface area contributed by atoms with Gasteiger partial charge in [-0.25, -0.2) is 13.8 Å². The summed E-state index contributed by atoms with van der Waals surface area (Å²) in [6.45, 7) is 2.51. The molecule has 7 heteroatoms. The molecule has 2 heterocycles. The van der Waals surface area contributed by atoms with Crippen LogP contribution in [0, 0.1) is 17.6 Å². The second kappa shape index (κ2) is 9.80. The van der Waals surface area contributed by atoms with E-state index >= 15 is 0 Å². The molecule has 0 saturated carbocycles. The van der Waals surface area contributed by atoms with Crippen molar-refractivity contribution in [1.82, 2.24) is 15.2 Å². The monoisotopic (exact) mass is 473 g/mol. The smallest absolute Gasteiger partial charge is 0.252 e. The maximum absolute atomic E-state index is 14.0. The number of amides is 1. The molecule has 4 aromatic rings. The number of pyridine rings is 1. The molecule has 1 saturated heterocycles. The Morgan fingerprint density at radius 3 is 2.51 bits per heavy atom. The summed E-state index contributed by atoms with van der Waals surface area (Å²) in [7, 11) is 1.58. The van der Waals surface area contributed by atoms with Crippen molar-refractivity contribution >= 4 is 16.7 Å². The minimum absolute atomic E-state index is 0.199. The summed E-state index contributed by atoms with van der Waals surface area (Å²) in [6.07, 6.45) is 2.10. The molecule has 0 aliphatic carbocycles. The van der Waals surface area contributed by atoms with Crippen LogP contribution >= 0.6 is 0 Å². The molecule has 1 aromatic heterocycles. The number of ether oxygens (including phenoxy) is 1. The fraction of sp³-hybridized carbons (Fsp3) is 0.214. The summed E-state index contributed by atoms with van der Waals surface area (Å²) in [6, 6.07) is 19.2. The molecule has 1 N–H and O–H groups in total. The number of carbonyl (C=O) groups excluding carboxylic acids is 1.